The molecule has 2 rings (SSSR count). The van der Waals surface area contributed by atoms with Crippen LogP contribution < -0.4 is 0 Å². The lowest BCUT2D eigenvalue weighted by atomic mass is 9.99. The van der Waals surface area contributed by atoms with Crippen LogP contribution in [0.15, 0.2) is 42.5 Å². The van der Waals surface area contributed by atoms with Crippen LogP contribution in [0, 0.1) is 11.6 Å². The first-order valence-electron chi connectivity index (χ1n) is 5.01. The summed E-state index contributed by atoms with van der Waals surface area (Å²) >= 11 is 0. The topological polar surface area (TPSA) is 0 Å². The summed E-state index contributed by atoms with van der Waals surface area (Å²) in [4.78, 5) is 0. The second kappa shape index (κ2) is 4.40. The molecule has 0 aliphatic rings. The van der Waals surface area contributed by atoms with E-state index in [1.807, 2.05) is 0 Å². The largest absolute Gasteiger partial charge is 0.417 e. The molecule has 2 aromatic carbocycles. The summed E-state index contributed by atoms with van der Waals surface area (Å²) in [6.07, 6.45) is -4.74. The number of alkyl halides is 3. The van der Waals surface area contributed by atoms with Crippen molar-refractivity contribution >= 4 is 0 Å². The average Bonchev–Trinajstić information content (AvgIpc) is 2.29. The molecule has 0 atom stereocenters. The lowest BCUT2D eigenvalue weighted by molar-refractivity contribution is -0.137. The standard InChI is InChI=1S/C13H7F5/c14-8-5-6-9(11(7-8)13(16,17)18)10-3-1-2-4-12(10)15/h1-7H. The van der Waals surface area contributed by atoms with Crippen LogP contribution in [0.4, 0.5) is 22.0 Å². The van der Waals surface area contributed by atoms with Gasteiger partial charge in [-0.2, -0.15) is 13.2 Å². The van der Waals surface area contributed by atoms with Crippen molar-refractivity contribution in [1.29, 1.82) is 0 Å². The maximum atomic E-state index is 13.5. The third kappa shape index (κ3) is 2.34. The summed E-state index contributed by atoms with van der Waals surface area (Å²) in [7, 11) is 0. The van der Waals surface area contributed by atoms with E-state index < -0.39 is 23.4 Å². The van der Waals surface area contributed by atoms with E-state index in [9.17, 15) is 22.0 Å². The van der Waals surface area contributed by atoms with Crippen molar-refractivity contribution in [3.8, 4) is 11.1 Å². The highest BCUT2D eigenvalue weighted by atomic mass is 19.4. The molecule has 0 bridgehead atoms. The average molecular weight is 258 g/mol. The molecule has 5 heteroatoms. The number of halogens is 5. The lowest BCUT2D eigenvalue weighted by Gasteiger charge is -2.13. The second-order valence-corrected chi connectivity index (χ2v) is 3.67. The molecule has 0 saturated heterocycles. The summed E-state index contributed by atoms with van der Waals surface area (Å²) in [5, 5.41) is 0. The predicted molar refractivity (Wildman–Crippen MR) is 56.8 cm³/mol. The highest BCUT2D eigenvalue weighted by Gasteiger charge is 2.34. The minimum atomic E-state index is -4.74. The first kappa shape index (κ1) is 12.5. The van der Waals surface area contributed by atoms with Crippen LogP contribution in [0.3, 0.4) is 0 Å². The Hall–Kier alpha value is -1.91. The summed E-state index contributed by atoms with van der Waals surface area (Å²) in [5.74, 6) is -1.79. The molecule has 0 radical (unpaired) electrons. The van der Waals surface area contributed by atoms with E-state index in [1.165, 1.54) is 18.2 Å². The predicted octanol–water partition coefficient (Wildman–Crippen LogP) is 4.65. The first-order valence-corrected chi connectivity index (χ1v) is 5.01. The van der Waals surface area contributed by atoms with Crippen molar-refractivity contribution in [2.45, 2.75) is 6.18 Å². The second-order valence-electron chi connectivity index (χ2n) is 3.67. The fourth-order valence-corrected chi connectivity index (χ4v) is 1.67. The molecule has 0 fully saturated rings. The van der Waals surface area contributed by atoms with Crippen LogP contribution in [0.5, 0.6) is 0 Å². The molecule has 0 aromatic heterocycles. The van der Waals surface area contributed by atoms with Crippen LogP contribution in [0.25, 0.3) is 11.1 Å². The minimum Gasteiger partial charge on any atom is -0.207 e. The van der Waals surface area contributed by atoms with Gasteiger partial charge in [0.2, 0.25) is 0 Å². The Morgan fingerprint density at radius 2 is 1.44 bits per heavy atom. The van der Waals surface area contributed by atoms with E-state index in [4.69, 9.17) is 0 Å². The third-order valence-corrected chi connectivity index (χ3v) is 2.45. The number of hydrogen-bond donors (Lipinski definition) is 0. The van der Waals surface area contributed by atoms with Crippen molar-refractivity contribution in [2.75, 3.05) is 0 Å². The van der Waals surface area contributed by atoms with Crippen molar-refractivity contribution in [3.05, 3.63) is 59.7 Å². The first-order chi connectivity index (χ1) is 8.39. The normalized spacial score (nSPS) is 11.6. The van der Waals surface area contributed by atoms with Gasteiger partial charge in [-0.05, 0) is 23.8 Å². The molecule has 0 heterocycles. The summed E-state index contributed by atoms with van der Waals surface area (Å²) in [6, 6.07) is 7.23. The minimum absolute atomic E-state index is 0.204. The zero-order valence-corrected chi connectivity index (χ0v) is 8.93. The van der Waals surface area contributed by atoms with Crippen LogP contribution in [0.2, 0.25) is 0 Å². The molecule has 0 N–H and O–H groups in total. The quantitative estimate of drug-likeness (QED) is 0.653. The van der Waals surface area contributed by atoms with E-state index in [-0.39, 0.29) is 11.1 Å². The molecule has 0 nitrogen and oxygen atoms in total. The molecule has 0 saturated carbocycles. The Morgan fingerprint density at radius 1 is 0.778 bits per heavy atom. The molecule has 0 unspecified atom stereocenters. The van der Waals surface area contributed by atoms with E-state index in [2.05, 4.69) is 0 Å². The maximum Gasteiger partial charge on any atom is 0.417 e. The fraction of sp³-hybridized carbons (Fsp3) is 0.0769. The van der Waals surface area contributed by atoms with Gasteiger partial charge < -0.3 is 0 Å². The molecular formula is C13H7F5. The monoisotopic (exact) mass is 258 g/mol. The van der Waals surface area contributed by atoms with Gasteiger partial charge in [-0.1, -0.05) is 24.3 Å². The number of rotatable bonds is 1. The SMILES string of the molecule is Fc1ccc(-c2ccccc2F)c(C(F)(F)F)c1. The maximum absolute atomic E-state index is 13.5. The van der Waals surface area contributed by atoms with Gasteiger partial charge in [-0.15, -0.1) is 0 Å². The molecule has 0 spiro atoms. The van der Waals surface area contributed by atoms with Gasteiger partial charge >= 0.3 is 6.18 Å². The van der Waals surface area contributed by atoms with E-state index in [0.717, 1.165) is 18.2 Å². The Bertz CT molecular complexity index is 572. The van der Waals surface area contributed by atoms with Crippen LogP contribution in [0.1, 0.15) is 5.56 Å². The van der Waals surface area contributed by atoms with Gasteiger partial charge in [-0.25, -0.2) is 8.78 Å². The van der Waals surface area contributed by atoms with Crippen molar-refractivity contribution in [1.82, 2.24) is 0 Å². The summed E-state index contributed by atoms with van der Waals surface area (Å²) in [5.41, 5.74) is -1.76. The molecule has 0 aliphatic heterocycles. The molecular weight excluding hydrogens is 251 g/mol. The third-order valence-electron chi connectivity index (χ3n) is 2.45. The van der Waals surface area contributed by atoms with Crippen LogP contribution in [-0.2, 0) is 6.18 Å². The molecule has 2 aromatic rings. The molecule has 18 heavy (non-hydrogen) atoms. The Labute approximate surface area is 99.7 Å². The summed E-state index contributed by atoms with van der Waals surface area (Å²) in [6.45, 7) is 0. The zero-order valence-electron chi connectivity index (χ0n) is 8.93. The van der Waals surface area contributed by atoms with Crippen molar-refractivity contribution in [2.24, 2.45) is 0 Å². The lowest BCUT2D eigenvalue weighted by Crippen LogP contribution is -2.08. The molecule has 0 amide bonds. The number of benzene rings is 2. The van der Waals surface area contributed by atoms with Crippen molar-refractivity contribution < 1.29 is 22.0 Å². The van der Waals surface area contributed by atoms with Crippen molar-refractivity contribution in [3.63, 3.8) is 0 Å². The van der Waals surface area contributed by atoms with Gasteiger partial charge in [0.1, 0.15) is 11.6 Å². The fourth-order valence-electron chi connectivity index (χ4n) is 1.67. The zero-order chi connectivity index (χ0) is 13.3. The van der Waals surface area contributed by atoms with Crippen LogP contribution >= 0.6 is 0 Å². The van der Waals surface area contributed by atoms with Crippen LogP contribution in [-0.4, -0.2) is 0 Å². The Balaban J connectivity index is 2.69. The van der Waals surface area contributed by atoms with E-state index in [1.54, 1.807) is 0 Å². The molecule has 0 aliphatic carbocycles. The van der Waals surface area contributed by atoms with E-state index >= 15 is 0 Å². The van der Waals surface area contributed by atoms with Gasteiger partial charge in [0.05, 0.1) is 5.56 Å². The smallest absolute Gasteiger partial charge is 0.207 e. The van der Waals surface area contributed by atoms with Gasteiger partial charge in [0.15, 0.2) is 0 Å². The summed E-state index contributed by atoms with van der Waals surface area (Å²) < 4.78 is 64.7. The van der Waals surface area contributed by atoms with E-state index in [0.29, 0.717) is 6.07 Å². The highest BCUT2D eigenvalue weighted by molar-refractivity contribution is 5.68. The van der Waals surface area contributed by atoms with Gasteiger partial charge in [0.25, 0.3) is 0 Å². The van der Waals surface area contributed by atoms with Gasteiger partial charge in [0, 0.05) is 5.56 Å². The highest BCUT2D eigenvalue weighted by Crippen LogP contribution is 2.38. The Kier molecular flexibility index (Phi) is 3.07. The molecule has 94 valence electrons. The number of hydrogen-bond acceptors (Lipinski definition) is 0. The van der Waals surface area contributed by atoms with Gasteiger partial charge in [-0.3, -0.25) is 0 Å². The Morgan fingerprint density at radius 3 is 2.06 bits per heavy atom.